The lowest BCUT2D eigenvalue weighted by molar-refractivity contribution is -0.205. The van der Waals surface area contributed by atoms with Gasteiger partial charge in [0.15, 0.2) is 17.2 Å². The average Bonchev–Trinajstić information content (AvgIpc) is 2.68. The fourth-order valence-corrected chi connectivity index (χ4v) is 5.97. The van der Waals surface area contributed by atoms with Crippen LogP contribution in [0.3, 0.4) is 0 Å². The van der Waals surface area contributed by atoms with Crippen LogP contribution < -0.4 is 5.73 Å². The van der Waals surface area contributed by atoms with Crippen molar-refractivity contribution in [3.8, 4) is 5.75 Å². The normalized spacial score (nSPS) is 38.9. The molecule has 3 aliphatic carbocycles. The largest absolute Gasteiger partial charge is 0.508 e. The first-order valence-corrected chi connectivity index (χ1v) is 10.2. The number of nitrogens with zero attached hydrogens (tertiary/aromatic N) is 1. The Morgan fingerprint density at radius 2 is 1.75 bits per heavy atom. The molecule has 172 valence electrons. The Morgan fingerprint density at radius 1 is 1.12 bits per heavy atom. The van der Waals surface area contributed by atoms with Gasteiger partial charge in [-0.15, -0.1) is 0 Å². The van der Waals surface area contributed by atoms with E-state index in [0.717, 1.165) is 0 Å². The van der Waals surface area contributed by atoms with E-state index >= 15 is 0 Å². The van der Waals surface area contributed by atoms with Gasteiger partial charge in [-0.3, -0.25) is 19.3 Å². The summed E-state index contributed by atoms with van der Waals surface area (Å²) in [5.41, 5.74) is 0.178. The van der Waals surface area contributed by atoms with Crippen molar-refractivity contribution in [3.63, 3.8) is 0 Å². The van der Waals surface area contributed by atoms with Crippen LogP contribution in [0.4, 0.5) is 0 Å². The fourth-order valence-electron chi connectivity index (χ4n) is 5.97. The number of carbonyl (C=O) groups excluding carboxylic acids is 3. The Balaban J connectivity index is 1.98. The van der Waals surface area contributed by atoms with Gasteiger partial charge in [-0.1, -0.05) is 12.1 Å². The van der Waals surface area contributed by atoms with Gasteiger partial charge in [-0.25, -0.2) is 0 Å². The number of fused-ring (bicyclic) bond motifs is 3. The van der Waals surface area contributed by atoms with E-state index in [9.17, 15) is 39.9 Å². The molecule has 10 heteroatoms. The van der Waals surface area contributed by atoms with Crippen molar-refractivity contribution in [3.05, 3.63) is 40.7 Å². The summed E-state index contributed by atoms with van der Waals surface area (Å²) in [5, 5.41) is 55.4. The van der Waals surface area contributed by atoms with Gasteiger partial charge in [0.25, 0.3) is 5.91 Å². The van der Waals surface area contributed by atoms with Gasteiger partial charge in [0.05, 0.1) is 23.1 Å². The second kappa shape index (κ2) is 6.85. The SMILES string of the molecule is CN(C)[C@H]1C(=O)C(C(N)=O)=C(O)[C@@]2(O)C(O)C3C(=O)c4c(O)cccc4[C@@](C)(O)[C@H]3C[C@@H]12. The molecule has 0 aliphatic heterocycles. The Labute approximate surface area is 183 Å². The number of rotatable bonds is 2. The van der Waals surface area contributed by atoms with Gasteiger partial charge in [-0.2, -0.15) is 0 Å². The minimum Gasteiger partial charge on any atom is -0.508 e. The van der Waals surface area contributed by atoms with Crippen LogP contribution in [0.25, 0.3) is 0 Å². The van der Waals surface area contributed by atoms with E-state index in [2.05, 4.69) is 0 Å². The van der Waals surface area contributed by atoms with Gasteiger partial charge in [-0.05, 0) is 39.1 Å². The van der Waals surface area contributed by atoms with E-state index in [-0.39, 0.29) is 17.5 Å². The molecular formula is C22H26N2O8. The number of phenols is 1. The van der Waals surface area contributed by atoms with Crippen molar-refractivity contribution in [1.29, 1.82) is 0 Å². The summed E-state index contributed by atoms with van der Waals surface area (Å²) in [6.45, 7) is 1.44. The molecule has 4 rings (SSSR count). The molecule has 1 aromatic carbocycles. The molecule has 0 radical (unpaired) electrons. The lowest BCUT2D eigenvalue weighted by Crippen LogP contribution is -2.71. The molecule has 1 aromatic rings. The van der Waals surface area contributed by atoms with Crippen LogP contribution in [0.5, 0.6) is 5.75 Å². The second-order valence-corrected chi connectivity index (χ2v) is 9.32. The van der Waals surface area contributed by atoms with Crippen LogP contribution in [-0.2, 0) is 15.2 Å². The zero-order valence-corrected chi connectivity index (χ0v) is 17.8. The number of nitrogens with two attached hydrogens (primary N) is 1. The van der Waals surface area contributed by atoms with Crippen molar-refractivity contribution in [2.75, 3.05) is 14.1 Å². The van der Waals surface area contributed by atoms with Crippen molar-refractivity contribution >= 4 is 17.5 Å². The lowest BCUT2D eigenvalue weighted by atomic mass is 9.50. The molecule has 0 saturated heterocycles. The zero-order chi connectivity index (χ0) is 23.9. The van der Waals surface area contributed by atoms with E-state index in [1.807, 2.05) is 0 Å². The third-order valence-corrected chi connectivity index (χ3v) is 7.47. The van der Waals surface area contributed by atoms with E-state index in [0.29, 0.717) is 0 Å². The number of aromatic hydroxyl groups is 1. The van der Waals surface area contributed by atoms with Crippen LogP contribution in [0.2, 0.25) is 0 Å². The number of likely N-dealkylation sites (N-methyl/N-ethyl adjacent to an activating group) is 1. The highest BCUT2D eigenvalue weighted by molar-refractivity contribution is 6.22. The molecule has 7 atom stereocenters. The Bertz CT molecular complexity index is 1080. The maximum absolute atomic E-state index is 13.4. The van der Waals surface area contributed by atoms with E-state index in [1.165, 1.54) is 44.1 Å². The molecule has 10 nitrogen and oxygen atoms in total. The van der Waals surface area contributed by atoms with Crippen LogP contribution in [0, 0.1) is 17.8 Å². The molecule has 32 heavy (non-hydrogen) atoms. The first-order chi connectivity index (χ1) is 14.8. The summed E-state index contributed by atoms with van der Waals surface area (Å²) in [4.78, 5) is 39.8. The van der Waals surface area contributed by atoms with Crippen molar-refractivity contribution in [2.45, 2.75) is 36.7 Å². The van der Waals surface area contributed by atoms with Gasteiger partial charge in [0.2, 0.25) is 0 Å². The third-order valence-electron chi connectivity index (χ3n) is 7.47. The molecule has 1 amide bonds. The molecule has 7 N–H and O–H groups in total. The molecule has 1 saturated carbocycles. The molecule has 0 spiro atoms. The van der Waals surface area contributed by atoms with Gasteiger partial charge < -0.3 is 31.3 Å². The predicted molar refractivity (Wildman–Crippen MR) is 109 cm³/mol. The topological polar surface area (TPSA) is 182 Å². The first kappa shape index (κ1) is 22.4. The number of primary amides is 1. The van der Waals surface area contributed by atoms with E-state index in [4.69, 9.17) is 5.73 Å². The number of hydrogen-bond donors (Lipinski definition) is 6. The molecule has 0 heterocycles. The smallest absolute Gasteiger partial charge is 0.255 e. The molecular weight excluding hydrogens is 420 g/mol. The standard InChI is InChI=1S/C22H26N2O8/c1-21(31)8-5-4-6-11(25)12(8)16(26)13-9(21)7-10-15(24(2)3)17(27)14(20(23)30)19(29)22(10,32)18(13)28/h4-6,9-10,13,15,18,25,28-29,31-32H,7H2,1-3H3,(H2,23,30)/t9-,10-,13?,15+,18?,21+,22-/m0/s1. The highest BCUT2D eigenvalue weighted by Crippen LogP contribution is 2.57. The minimum atomic E-state index is -2.55. The molecule has 0 bridgehead atoms. The quantitative estimate of drug-likeness (QED) is 0.309. The number of amides is 1. The van der Waals surface area contributed by atoms with Crippen molar-refractivity contribution in [2.24, 2.45) is 23.5 Å². The molecule has 0 aromatic heterocycles. The van der Waals surface area contributed by atoms with Crippen LogP contribution in [-0.4, -0.2) is 79.7 Å². The molecule has 2 unspecified atom stereocenters. The molecule has 3 aliphatic rings. The van der Waals surface area contributed by atoms with Crippen molar-refractivity contribution in [1.82, 2.24) is 4.90 Å². The average molecular weight is 446 g/mol. The van der Waals surface area contributed by atoms with Gasteiger partial charge in [0, 0.05) is 11.8 Å². The fraction of sp³-hybridized carbons (Fsp3) is 0.500. The monoisotopic (exact) mass is 446 g/mol. The van der Waals surface area contributed by atoms with Crippen LogP contribution in [0.15, 0.2) is 29.5 Å². The number of hydrogen-bond acceptors (Lipinski definition) is 9. The third kappa shape index (κ3) is 2.57. The minimum absolute atomic E-state index is 0.142. The van der Waals surface area contributed by atoms with Gasteiger partial charge in [0.1, 0.15) is 23.2 Å². The first-order valence-electron chi connectivity index (χ1n) is 10.2. The Hall–Kier alpha value is -2.79. The number of Topliss-reactive ketones (excluding diaryl/α,β-unsaturated/α-hetero) is 2. The summed E-state index contributed by atoms with van der Waals surface area (Å²) in [6, 6.07) is 3.08. The second-order valence-electron chi connectivity index (χ2n) is 9.32. The number of ketones is 2. The lowest BCUT2D eigenvalue weighted by Gasteiger charge is -2.58. The number of carbonyl (C=O) groups is 3. The van der Waals surface area contributed by atoms with Gasteiger partial charge >= 0.3 is 0 Å². The van der Waals surface area contributed by atoms with Crippen molar-refractivity contribution < 1.29 is 39.9 Å². The summed E-state index contributed by atoms with van der Waals surface area (Å²) in [7, 11) is 3.06. The Kier molecular flexibility index (Phi) is 4.80. The number of aliphatic hydroxyl groups is 4. The number of aliphatic hydroxyl groups excluding tert-OH is 2. The summed E-state index contributed by atoms with van der Waals surface area (Å²) >= 11 is 0. The number of phenolic OH excluding ortho intramolecular Hbond substituents is 1. The summed E-state index contributed by atoms with van der Waals surface area (Å²) in [6.07, 6.45) is -2.14. The maximum Gasteiger partial charge on any atom is 0.255 e. The van der Waals surface area contributed by atoms with Crippen LogP contribution >= 0.6 is 0 Å². The molecule has 1 fully saturated rings. The highest BCUT2D eigenvalue weighted by atomic mass is 16.4. The van der Waals surface area contributed by atoms with Crippen LogP contribution in [0.1, 0.15) is 29.3 Å². The summed E-state index contributed by atoms with van der Waals surface area (Å²) < 4.78 is 0. The Morgan fingerprint density at radius 3 is 2.31 bits per heavy atom. The maximum atomic E-state index is 13.4. The number of benzene rings is 1. The highest BCUT2D eigenvalue weighted by Gasteiger charge is 2.68. The predicted octanol–water partition coefficient (Wildman–Crippen LogP) is -1.05. The summed E-state index contributed by atoms with van der Waals surface area (Å²) in [5.74, 6) is -7.84. The van der Waals surface area contributed by atoms with E-state index in [1.54, 1.807) is 0 Å². The van der Waals surface area contributed by atoms with E-state index < -0.39 is 75.7 Å². The zero-order valence-electron chi connectivity index (χ0n) is 17.8.